The first kappa shape index (κ1) is 25.3. The summed E-state index contributed by atoms with van der Waals surface area (Å²) in [5, 5.41) is 0. The number of amides is 1. The third-order valence-corrected chi connectivity index (χ3v) is 5.22. The van der Waals surface area contributed by atoms with E-state index < -0.39 is 23.8 Å². The Kier molecular flexibility index (Phi) is 9.44. The van der Waals surface area contributed by atoms with Gasteiger partial charge < -0.3 is 33.3 Å². The van der Waals surface area contributed by atoms with Crippen molar-refractivity contribution in [3.8, 4) is 11.8 Å². The number of hydrogen-bond donors (Lipinski definition) is 0. The van der Waals surface area contributed by atoms with Crippen LogP contribution in [0.25, 0.3) is 0 Å². The highest BCUT2D eigenvalue weighted by molar-refractivity contribution is 5.93. The Hall–Kier alpha value is -1.99. The molecule has 1 aromatic carbocycles. The highest BCUT2D eigenvalue weighted by Crippen LogP contribution is 2.39. The SMILES string of the molecule is CO[C@]1(C)OC(COCc2ccccc2)[C@H](COCC#CC(=O)N(C)C)O[C@@]1(C)OC. The Balaban J connectivity index is 2.01. The fourth-order valence-electron chi connectivity index (χ4n) is 3.01. The molecule has 0 spiro atoms. The van der Waals surface area contributed by atoms with Crippen molar-refractivity contribution < 1.29 is 33.2 Å². The van der Waals surface area contributed by atoms with Gasteiger partial charge in [-0.2, -0.15) is 0 Å². The molecular weight excluding hydrogens is 402 g/mol. The minimum absolute atomic E-state index is 0.0856. The van der Waals surface area contributed by atoms with Crippen LogP contribution in [0.15, 0.2) is 30.3 Å². The van der Waals surface area contributed by atoms with Gasteiger partial charge in [-0.25, -0.2) is 0 Å². The van der Waals surface area contributed by atoms with Gasteiger partial charge in [0.25, 0.3) is 5.91 Å². The second-order valence-corrected chi connectivity index (χ2v) is 7.63. The minimum Gasteiger partial charge on any atom is -0.374 e. The molecule has 1 aromatic rings. The van der Waals surface area contributed by atoms with Crippen molar-refractivity contribution in [2.75, 3.05) is 48.1 Å². The average molecular weight is 436 g/mol. The van der Waals surface area contributed by atoms with Crippen LogP contribution < -0.4 is 0 Å². The molecule has 4 atom stereocenters. The summed E-state index contributed by atoms with van der Waals surface area (Å²) < 4.78 is 35.1. The first-order valence-electron chi connectivity index (χ1n) is 10.1. The Morgan fingerprint density at radius 3 is 2.06 bits per heavy atom. The smallest absolute Gasteiger partial charge is 0.298 e. The van der Waals surface area contributed by atoms with E-state index in [1.54, 1.807) is 27.9 Å². The quantitative estimate of drug-likeness (QED) is 0.433. The normalized spacial score (nSPS) is 27.9. The van der Waals surface area contributed by atoms with Crippen molar-refractivity contribution in [3.63, 3.8) is 0 Å². The van der Waals surface area contributed by atoms with Crippen molar-refractivity contribution >= 4 is 5.91 Å². The summed E-state index contributed by atoms with van der Waals surface area (Å²) in [4.78, 5) is 12.9. The third-order valence-electron chi connectivity index (χ3n) is 5.22. The lowest BCUT2D eigenvalue weighted by atomic mass is 10.0. The molecule has 1 saturated heterocycles. The molecule has 172 valence electrons. The number of ether oxygens (including phenoxy) is 6. The van der Waals surface area contributed by atoms with E-state index >= 15 is 0 Å². The van der Waals surface area contributed by atoms with Crippen molar-refractivity contribution in [1.82, 2.24) is 4.90 Å². The van der Waals surface area contributed by atoms with E-state index in [2.05, 4.69) is 11.8 Å². The monoisotopic (exact) mass is 435 g/mol. The molecule has 1 aliphatic heterocycles. The first-order valence-corrected chi connectivity index (χ1v) is 10.1. The Morgan fingerprint density at radius 1 is 1.00 bits per heavy atom. The van der Waals surface area contributed by atoms with Crippen LogP contribution >= 0.6 is 0 Å². The van der Waals surface area contributed by atoms with Crippen molar-refractivity contribution in [2.45, 2.75) is 44.2 Å². The predicted molar refractivity (Wildman–Crippen MR) is 114 cm³/mol. The summed E-state index contributed by atoms with van der Waals surface area (Å²) >= 11 is 0. The van der Waals surface area contributed by atoms with Crippen LogP contribution in [0.1, 0.15) is 19.4 Å². The molecule has 1 unspecified atom stereocenters. The summed E-state index contributed by atoms with van der Waals surface area (Å²) in [5.41, 5.74) is 1.06. The number of methoxy groups -OCH3 is 2. The summed E-state index contributed by atoms with van der Waals surface area (Å²) in [6.07, 6.45) is -0.955. The highest BCUT2D eigenvalue weighted by atomic mass is 16.8. The summed E-state index contributed by atoms with van der Waals surface area (Å²) in [7, 11) is 6.35. The fourth-order valence-corrected chi connectivity index (χ4v) is 3.01. The van der Waals surface area contributed by atoms with Gasteiger partial charge in [0.15, 0.2) is 0 Å². The molecular formula is C23H33NO7. The molecule has 2 rings (SSSR count). The van der Waals surface area contributed by atoms with Crippen LogP contribution in [0.2, 0.25) is 0 Å². The molecule has 1 fully saturated rings. The van der Waals surface area contributed by atoms with Gasteiger partial charge in [-0.15, -0.1) is 0 Å². The van der Waals surface area contributed by atoms with Crippen LogP contribution in [0.4, 0.5) is 0 Å². The van der Waals surface area contributed by atoms with E-state index in [-0.39, 0.29) is 25.7 Å². The van der Waals surface area contributed by atoms with Gasteiger partial charge in [-0.3, -0.25) is 4.79 Å². The van der Waals surface area contributed by atoms with Crippen LogP contribution in [-0.4, -0.2) is 82.7 Å². The zero-order chi connectivity index (χ0) is 22.9. The molecule has 8 nitrogen and oxygen atoms in total. The predicted octanol–water partition coefficient (Wildman–Crippen LogP) is 1.82. The average Bonchev–Trinajstić information content (AvgIpc) is 2.77. The summed E-state index contributed by atoms with van der Waals surface area (Å²) in [6, 6.07) is 9.87. The van der Waals surface area contributed by atoms with Crippen molar-refractivity contribution in [3.05, 3.63) is 35.9 Å². The van der Waals surface area contributed by atoms with Crippen LogP contribution in [-0.2, 0) is 39.8 Å². The number of hydrogen-bond acceptors (Lipinski definition) is 7. The topological polar surface area (TPSA) is 75.7 Å². The first-order chi connectivity index (χ1) is 14.7. The Bertz CT molecular complexity index is 760. The van der Waals surface area contributed by atoms with Crippen LogP contribution in [0, 0.1) is 11.8 Å². The lowest BCUT2D eigenvalue weighted by Gasteiger charge is -2.51. The Morgan fingerprint density at radius 2 is 1.55 bits per heavy atom. The second kappa shape index (κ2) is 11.6. The standard InChI is InChI=1S/C23H33NO7/c1-22(26-5)23(2,27-6)31-20(17-29-15-18-11-8-7-9-12-18)19(30-22)16-28-14-10-13-21(25)24(3)4/h7-9,11-12,19-20H,14-17H2,1-6H3/t19-,20?,22+,23+/m0/s1. The van der Waals surface area contributed by atoms with E-state index in [1.807, 2.05) is 30.3 Å². The van der Waals surface area contributed by atoms with E-state index in [0.717, 1.165) is 5.56 Å². The molecule has 0 aromatic heterocycles. The molecule has 0 saturated carbocycles. The van der Waals surface area contributed by atoms with Crippen LogP contribution in [0.3, 0.4) is 0 Å². The summed E-state index contributed by atoms with van der Waals surface area (Å²) in [6.45, 7) is 4.49. The van der Waals surface area contributed by atoms with Crippen LogP contribution in [0.5, 0.6) is 0 Å². The van der Waals surface area contributed by atoms with Gasteiger partial charge in [-0.1, -0.05) is 36.3 Å². The molecule has 1 aliphatic rings. The molecule has 1 amide bonds. The molecule has 31 heavy (non-hydrogen) atoms. The van der Waals surface area contributed by atoms with Gasteiger partial charge in [0, 0.05) is 28.3 Å². The number of carbonyl (C=O) groups excluding carboxylic acids is 1. The maximum absolute atomic E-state index is 11.5. The van der Waals surface area contributed by atoms with E-state index in [9.17, 15) is 4.79 Å². The largest absolute Gasteiger partial charge is 0.374 e. The van der Waals surface area contributed by atoms with Crippen molar-refractivity contribution in [2.24, 2.45) is 0 Å². The number of benzene rings is 1. The van der Waals surface area contributed by atoms with E-state index in [0.29, 0.717) is 6.61 Å². The lowest BCUT2D eigenvalue weighted by molar-refractivity contribution is -0.452. The molecule has 0 bridgehead atoms. The van der Waals surface area contributed by atoms with Gasteiger partial charge in [0.1, 0.15) is 18.8 Å². The van der Waals surface area contributed by atoms with Gasteiger partial charge >= 0.3 is 0 Å². The number of rotatable bonds is 9. The second-order valence-electron chi connectivity index (χ2n) is 7.63. The zero-order valence-electron chi connectivity index (χ0n) is 19.2. The minimum atomic E-state index is -1.15. The molecule has 0 aliphatic carbocycles. The van der Waals surface area contributed by atoms with Crippen molar-refractivity contribution in [1.29, 1.82) is 0 Å². The fraction of sp³-hybridized carbons (Fsp3) is 0.609. The lowest BCUT2D eigenvalue weighted by Crippen LogP contribution is -2.66. The number of nitrogens with zero attached hydrogens (tertiary/aromatic N) is 1. The number of carbonyl (C=O) groups is 1. The third kappa shape index (κ3) is 6.74. The summed E-state index contributed by atoms with van der Waals surface area (Å²) in [5.74, 6) is 2.63. The zero-order valence-corrected chi connectivity index (χ0v) is 19.2. The van der Waals surface area contributed by atoms with Gasteiger partial charge in [0.2, 0.25) is 11.6 Å². The van der Waals surface area contributed by atoms with Gasteiger partial charge in [-0.05, 0) is 25.3 Å². The molecule has 0 N–H and O–H groups in total. The molecule has 0 radical (unpaired) electrons. The van der Waals surface area contributed by atoms with E-state index in [4.69, 9.17) is 28.4 Å². The maximum Gasteiger partial charge on any atom is 0.298 e. The van der Waals surface area contributed by atoms with E-state index in [1.165, 1.54) is 19.1 Å². The highest BCUT2D eigenvalue weighted by Gasteiger charge is 2.56. The molecule has 8 heteroatoms. The van der Waals surface area contributed by atoms with Gasteiger partial charge in [0.05, 0.1) is 19.8 Å². The molecule has 1 heterocycles. The Labute approximate surface area is 184 Å². The maximum atomic E-state index is 11.5.